The smallest absolute Gasteiger partial charge is 0.289 e. The molecule has 1 atom stereocenters. The van der Waals surface area contributed by atoms with Gasteiger partial charge in [-0.15, -0.1) is 0 Å². The summed E-state index contributed by atoms with van der Waals surface area (Å²) in [7, 11) is 0. The van der Waals surface area contributed by atoms with Crippen molar-refractivity contribution in [2.24, 2.45) is 5.92 Å². The second-order valence-electron chi connectivity index (χ2n) is 5.53. The second-order valence-corrected chi connectivity index (χ2v) is 5.53. The normalized spacial score (nSPS) is 18.6. The van der Waals surface area contributed by atoms with Crippen molar-refractivity contribution in [2.75, 3.05) is 19.6 Å². The van der Waals surface area contributed by atoms with Crippen LogP contribution in [0, 0.1) is 5.92 Å². The van der Waals surface area contributed by atoms with Gasteiger partial charge in [-0.2, -0.15) is 0 Å². The van der Waals surface area contributed by atoms with Crippen LogP contribution in [0.2, 0.25) is 0 Å². The van der Waals surface area contributed by atoms with Crippen molar-refractivity contribution in [1.82, 2.24) is 15.8 Å². The average Bonchev–Trinajstić information content (AvgIpc) is 3.11. The first-order valence-corrected chi connectivity index (χ1v) is 7.70. The molecular formula is C15H25N3O2. The van der Waals surface area contributed by atoms with E-state index in [2.05, 4.69) is 29.6 Å². The van der Waals surface area contributed by atoms with Crippen LogP contribution < -0.4 is 10.6 Å². The molecule has 1 amide bonds. The number of amides is 1. The molecule has 0 radical (unpaired) electrons. The maximum absolute atomic E-state index is 12.0. The summed E-state index contributed by atoms with van der Waals surface area (Å²) < 4.78 is 5.16. The highest BCUT2D eigenvalue weighted by Crippen LogP contribution is 2.22. The molecule has 0 bridgehead atoms. The third-order valence-electron chi connectivity index (χ3n) is 4.16. The SMILES string of the molecule is CCC(CC)c1cc(C(=O)NCCC2CCNC2)on1. The minimum absolute atomic E-state index is 0.152. The molecule has 0 saturated carbocycles. The van der Waals surface area contributed by atoms with Gasteiger partial charge in [-0.3, -0.25) is 4.79 Å². The molecule has 0 aliphatic carbocycles. The largest absolute Gasteiger partial charge is 0.351 e. The lowest BCUT2D eigenvalue weighted by Crippen LogP contribution is -2.26. The molecule has 1 aromatic rings. The summed E-state index contributed by atoms with van der Waals surface area (Å²) in [6, 6.07) is 1.78. The lowest BCUT2D eigenvalue weighted by molar-refractivity contribution is 0.0914. The van der Waals surface area contributed by atoms with E-state index >= 15 is 0 Å². The number of carbonyl (C=O) groups excluding carboxylic acids is 1. The van der Waals surface area contributed by atoms with Crippen LogP contribution in [-0.2, 0) is 0 Å². The van der Waals surface area contributed by atoms with Crippen LogP contribution in [-0.4, -0.2) is 30.7 Å². The maximum atomic E-state index is 12.0. The standard InChI is InChI=1S/C15H25N3O2/c1-3-12(4-2)13-9-14(20-18-13)15(19)17-8-6-11-5-7-16-10-11/h9,11-12,16H,3-8,10H2,1-2H3,(H,17,19). The fourth-order valence-electron chi connectivity index (χ4n) is 2.73. The van der Waals surface area contributed by atoms with Crippen molar-refractivity contribution in [3.63, 3.8) is 0 Å². The van der Waals surface area contributed by atoms with Gasteiger partial charge >= 0.3 is 0 Å². The number of nitrogens with zero attached hydrogens (tertiary/aromatic N) is 1. The summed E-state index contributed by atoms with van der Waals surface area (Å²) in [6.45, 7) is 7.11. The van der Waals surface area contributed by atoms with Gasteiger partial charge in [0.05, 0.1) is 5.69 Å². The summed E-state index contributed by atoms with van der Waals surface area (Å²) in [5, 5.41) is 10.3. The Balaban J connectivity index is 1.79. The Morgan fingerprint density at radius 2 is 2.35 bits per heavy atom. The predicted octanol–water partition coefficient (Wildman–Crippen LogP) is 2.31. The number of nitrogens with one attached hydrogen (secondary N) is 2. The van der Waals surface area contributed by atoms with Crippen LogP contribution in [0.4, 0.5) is 0 Å². The number of carbonyl (C=O) groups is 1. The zero-order valence-corrected chi connectivity index (χ0v) is 12.4. The summed E-state index contributed by atoms with van der Waals surface area (Å²) in [5.74, 6) is 1.24. The molecule has 1 aliphatic rings. The molecule has 1 saturated heterocycles. The van der Waals surface area contributed by atoms with E-state index in [0.717, 1.165) is 38.0 Å². The van der Waals surface area contributed by atoms with E-state index in [1.165, 1.54) is 6.42 Å². The quantitative estimate of drug-likeness (QED) is 0.803. The first-order chi connectivity index (χ1) is 9.74. The predicted molar refractivity (Wildman–Crippen MR) is 77.8 cm³/mol. The molecule has 1 fully saturated rings. The monoisotopic (exact) mass is 279 g/mol. The molecule has 5 nitrogen and oxygen atoms in total. The van der Waals surface area contributed by atoms with E-state index < -0.39 is 0 Å². The lowest BCUT2D eigenvalue weighted by atomic mass is 9.99. The zero-order valence-electron chi connectivity index (χ0n) is 12.4. The van der Waals surface area contributed by atoms with E-state index in [1.807, 2.05) is 0 Å². The minimum atomic E-state index is -0.152. The zero-order chi connectivity index (χ0) is 14.4. The molecule has 2 heterocycles. The minimum Gasteiger partial charge on any atom is -0.351 e. The van der Waals surface area contributed by atoms with Crippen molar-refractivity contribution in [2.45, 2.75) is 45.4 Å². The van der Waals surface area contributed by atoms with Crippen LogP contribution in [0.3, 0.4) is 0 Å². The third-order valence-corrected chi connectivity index (χ3v) is 4.16. The van der Waals surface area contributed by atoms with E-state index in [9.17, 15) is 4.79 Å². The van der Waals surface area contributed by atoms with Crippen LogP contribution in [0.1, 0.15) is 61.7 Å². The van der Waals surface area contributed by atoms with Crippen molar-refractivity contribution in [1.29, 1.82) is 0 Å². The summed E-state index contributed by atoms with van der Waals surface area (Å²) in [5.41, 5.74) is 0.889. The maximum Gasteiger partial charge on any atom is 0.289 e. The lowest BCUT2D eigenvalue weighted by Gasteiger charge is -2.08. The van der Waals surface area contributed by atoms with Crippen LogP contribution in [0.15, 0.2) is 10.6 Å². The van der Waals surface area contributed by atoms with Gasteiger partial charge in [-0.1, -0.05) is 19.0 Å². The number of rotatable bonds is 7. The van der Waals surface area contributed by atoms with E-state index in [-0.39, 0.29) is 5.91 Å². The van der Waals surface area contributed by atoms with Gasteiger partial charge in [-0.05, 0) is 44.7 Å². The first-order valence-electron chi connectivity index (χ1n) is 7.70. The summed E-state index contributed by atoms with van der Waals surface area (Å²) in [6.07, 6.45) is 4.25. The van der Waals surface area contributed by atoms with Crippen molar-refractivity contribution in [3.05, 3.63) is 17.5 Å². The molecule has 1 aliphatic heterocycles. The highest BCUT2D eigenvalue weighted by molar-refractivity contribution is 5.91. The van der Waals surface area contributed by atoms with Gasteiger partial charge in [0, 0.05) is 18.5 Å². The Bertz CT molecular complexity index is 421. The summed E-state index contributed by atoms with van der Waals surface area (Å²) >= 11 is 0. The molecule has 1 unspecified atom stereocenters. The Kier molecular flexibility index (Phi) is 5.59. The fraction of sp³-hybridized carbons (Fsp3) is 0.733. The average molecular weight is 279 g/mol. The van der Waals surface area contributed by atoms with Gasteiger partial charge in [0.2, 0.25) is 5.76 Å². The number of hydrogen-bond donors (Lipinski definition) is 2. The number of aromatic nitrogens is 1. The van der Waals surface area contributed by atoms with Crippen LogP contribution in [0.5, 0.6) is 0 Å². The van der Waals surface area contributed by atoms with Crippen molar-refractivity contribution >= 4 is 5.91 Å². The van der Waals surface area contributed by atoms with Gasteiger partial charge in [-0.25, -0.2) is 0 Å². The van der Waals surface area contributed by atoms with Gasteiger partial charge < -0.3 is 15.2 Å². The molecule has 5 heteroatoms. The molecular weight excluding hydrogens is 254 g/mol. The molecule has 0 aromatic carbocycles. The van der Waals surface area contributed by atoms with Gasteiger partial charge in [0.15, 0.2) is 0 Å². The molecule has 0 spiro atoms. The van der Waals surface area contributed by atoms with Crippen molar-refractivity contribution < 1.29 is 9.32 Å². The Labute approximate surface area is 120 Å². The fourth-order valence-corrected chi connectivity index (χ4v) is 2.73. The Morgan fingerprint density at radius 3 is 3.00 bits per heavy atom. The topological polar surface area (TPSA) is 67.2 Å². The van der Waals surface area contributed by atoms with E-state index in [1.54, 1.807) is 6.07 Å². The van der Waals surface area contributed by atoms with Crippen LogP contribution in [0.25, 0.3) is 0 Å². The van der Waals surface area contributed by atoms with Gasteiger partial charge in [0.1, 0.15) is 0 Å². The molecule has 2 rings (SSSR count). The van der Waals surface area contributed by atoms with E-state index in [4.69, 9.17) is 4.52 Å². The Hall–Kier alpha value is -1.36. The number of hydrogen-bond acceptors (Lipinski definition) is 4. The third kappa shape index (κ3) is 3.82. The highest BCUT2D eigenvalue weighted by Gasteiger charge is 2.18. The second kappa shape index (κ2) is 7.43. The van der Waals surface area contributed by atoms with Crippen LogP contribution >= 0.6 is 0 Å². The molecule has 20 heavy (non-hydrogen) atoms. The highest BCUT2D eigenvalue weighted by atomic mass is 16.5. The first kappa shape index (κ1) is 15.0. The molecule has 2 N–H and O–H groups in total. The molecule has 1 aromatic heterocycles. The van der Waals surface area contributed by atoms with E-state index in [0.29, 0.717) is 24.1 Å². The molecule has 112 valence electrons. The van der Waals surface area contributed by atoms with Gasteiger partial charge in [0.25, 0.3) is 5.91 Å². The summed E-state index contributed by atoms with van der Waals surface area (Å²) in [4.78, 5) is 12.0. The Morgan fingerprint density at radius 1 is 1.55 bits per heavy atom. The van der Waals surface area contributed by atoms with Crippen molar-refractivity contribution in [3.8, 4) is 0 Å².